The lowest BCUT2D eigenvalue weighted by Gasteiger charge is -2.29. The molecule has 0 fully saturated rings. The molecule has 11 heavy (non-hydrogen) atoms. The molecule has 0 saturated heterocycles. The van der Waals surface area contributed by atoms with E-state index in [4.69, 9.17) is 5.73 Å². The van der Waals surface area contributed by atoms with Gasteiger partial charge in [0.1, 0.15) is 0 Å². The van der Waals surface area contributed by atoms with Crippen LogP contribution in [0.15, 0.2) is 0 Å². The zero-order valence-corrected chi connectivity index (χ0v) is 7.00. The van der Waals surface area contributed by atoms with Gasteiger partial charge in [0.15, 0.2) is 6.17 Å². The average Bonchev–Trinajstić information content (AvgIpc) is 1.84. The molecular weight excluding hydrogens is 155 g/mol. The molecule has 0 aliphatic carbocycles. The van der Waals surface area contributed by atoms with Crippen molar-refractivity contribution < 1.29 is 13.2 Å². The second-order valence-electron chi connectivity index (χ2n) is 3.69. The fraction of sp³-hybridized carbons (Fsp3) is 1.00. The summed E-state index contributed by atoms with van der Waals surface area (Å²) in [6, 6.07) is 0. The second-order valence-corrected chi connectivity index (χ2v) is 3.69. The predicted octanol–water partition coefficient (Wildman–Crippen LogP) is 1.96. The fourth-order valence-electron chi connectivity index (χ4n) is 0.737. The van der Waals surface area contributed by atoms with Crippen molar-refractivity contribution in [1.29, 1.82) is 0 Å². The van der Waals surface area contributed by atoms with Gasteiger partial charge in [-0.1, -0.05) is 20.8 Å². The van der Waals surface area contributed by atoms with Gasteiger partial charge in [0.25, 0.3) is 5.92 Å². The zero-order chi connectivity index (χ0) is 9.28. The smallest absolute Gasteiger partial charge is 0.291 e. The summed E-state index contributed by atoms with van der Waals surface area (Å²) in [5.74, 6) is -3.40. The minimum atomic E-state index is -3.40. The van der Waals surface area contributed by atoms with E-state index >= 15 is 0 Å². The quantitative estimate of drug-likeness (QED) is 0.671. The number of rotatable bonds is 2. The molecule has 0 spiro atoms. The molecular formula is C7H14F3N. The predicted molar refractivity (Wildman–Crippen MR) is 38.4 cm³/mol. The van der Waals surface area contributed by atoms with Crippen LogP contribution in [0.2, 0.25) is 0 Å². The summed E-state index contributed by atoms with van der Waals surface area (Å²) in [5, 5.41) is 0. The lowest BCUT2D eigenvalue weighted by molar-refractivity contribution is -0.103. The lowest BCUT2D eigenvalue weighted by Crippen LogP contribution is -2.45. The maximum atomic E-state index is 12.9. The first-order valence-electron chi connectivity index (χ1n) is 3.44. The number of hydrogen-bond acceptors (Lipinski definition) is 1. The highest BCUT2D eigenvalue weighted by Gasteiger charge is 2.45. The van der Waals surface area contributed by atoms with Gasteiger partial charge in [-0.15, -0.1) is 0 Å². The molecule has 1 nitrogen and oxygen atoms in total. The first kappa shape index (κ1) is 10.8. The molecule has 0 amide bonds. The van der Waals surface area contributed by atoms with Crippen molar-refractivity contribution in [3.05, 3.63) is 0 Å². The van der Waals surface area contributed by atoms with Crippen LogP contribution in [0.4, 0.5) is 13.2 Å². The SMILES string of the molecule is CC(C)(C)C(F)C(F)(F)CN. The van der Waals surface area contributed by atoms with Gasteiger partial charge in [0.2, 0.25) is 0 Å². The van der Waals surface area contributed by atoms with Crippen molar-refractivity contribution in [2.75, 3.05) is 6.54 Å². The van der Waals surface area contributed by atoms with Crippen molar-refractivity contribution in [1.82, 2.24) is 0 Å². The summed E-state index contributed by atoms with van der Waals surface area (Å²) in [7, 11) is 0. The second kappa shape index (κ2) is 3.01. The van der Waals surface area contributed by atoms with Gasteiger partial charge in [0.05, 0.1) is 6.54 Å². The third-order valence-corrected chi connectivity index (χ3v) is 1.40. The highest BCUT2D eigenvalue weighted by molar-refractivity contribution is 4.86. The van der Waals surface area contributed by atoms with Crippen LogP contribution in [-0.2, 0) is 0 Å². The van der Waals surface area contributed by atoms with Crippen LogP contribution in [0.1, 0.15) is 20.8 Å². The number of halogens is 3. The van der Waals surface area contributed by atoms with Crippen LogP contribution in [0.25, 0.3) is 0 Å². The number of alkyl halides is 3. The van der Waals surface area contributed by atoms with Crippen LogP contribution in [0, 0.1) is 5.41 Å². The van der Waals surface area contributed by atoms with E-state index in [-0.39, 0.29) is 0 Å². The van der Waals surface area contributed by atoms with Crippen LogP contribution < -0.4 is 5.73 Å². The Morgan fingerprint density at radius 3 is 1.73 bits per heavy atom. The lowest BCUT2D eigenvalue weighted by atomic mass is 9.86. The van der Waals surface area contributed by atoms with E-state index in [9.17, 15) is 13.2 Å². The normalized spacial score (nSPS) is 16.6. The molecule has 68 valence electrons. The highest BCUT2D eigenvalue weighted by atomic mass is 19.3. The molecule has 0 aromatic heterocycles. The minimum Gasteiger partial charge on any atom is -0.325 e. The van der Waals surface area contributed by atoms with E-state index in [1.54, 1.807) is 0 Å². The van der Waals surface area contributed by atoms with Crippen molar-refractivity contribution in [2.24, 2.45) is 11.1 Å². The summed E-state index contributed by atoms with van der Waals surface area (Å²) < 4.78 is 37.9. The summed E-state index contributed by atoms with van der Waals surface area (Å²) >= 11 is 0. The van der Waals surface area contributed by atoms with E-state index in [1.807, 2.05) is 0 Å². The Morgan fingerprint density at radius 1 is 1.27 bits per heavy atom. The minimum absolute atomic E-state index is 0.939. The Hall–Kier alpha value is -0.250. The maximum Gasteiger partial charge on any atom is 0.291 e. The summed E-state index contributed by atoms with van der Waals surface area (Å²) in [6.07, 6.45) is -2.18. The Labute approximate surface area is 64.8 Å². The monoisotopic (exact) mass is 169 g/mol. The third-order valence-electron chi connectivity index (χ3n) is 1.40. The summed E-state index contributed by atoms with van der Waals surface area (Å²) in [5.41, 5.74) is 3.66. The van der Waals surface area contributed by atoms with E-state index in [0.717, 1.165) is 0 Å². The van der Waals surface area contributed by atoms with Gasteiger partial charge in [-0.3, -0.25) is 0 Å². The van der Waals surface area contributed by atoms with Crippen molar-refractivity contribution in [3.8, 4) is 0 Å². The molecule has 0 aliphatic rings. The molecule has 0 heterocycles. The zero-order valence-electron chi connectivity index (χ0n) is 7.00. The van der Waals surface area contributed by atoms with Gasteiger partial charge in [0, 0.05) is 0 Å². The molecule has 0 aliphatic heterocycles. The molecule has 0 rings (SSSR count). The highest BCUT2D eigenvalue weighted by Crippen LogP contribution is 2.33. The van der Waals surface area contributed by atoms with E-state index in [2.05, 4.69) is 0 Å². The third kappa shape index (κ3) is 2.69. The standard InChI is InChI=1S/C7H14F3N/c1-6(2,3)5(8)7(9,10)4-11/h5H,4,11H2,1-3H3. The number of hydrogen-bond donors (Lipinski definition) is 1. The maximum absolute atomic E-state index is 12.9. The van der Waals surface area contributed by atoms with Crippen molar-refractivity contribution in [3.63, 3.8) is 0 Å². The van der Waals surface area contributed by atoms with Crippen LogP contribution in [0.5, 0.6) is 0 Å². The van der Waals surface area contributed by atoms with Gasteiger partial charge in [-0.25, -0.2) is 13.2 Å². The van der Waals surface area contributed by atoms with E-state index in [1.165, 1.54) is 20.8 Å². The largest absolute Gasteiger partial charge is 0.325 e. The molecule has 0 aromatic rings. The summed E-state index contributed by atoms with van der Waals surface area (Å²) in [4.78, 5) is 0. The van der Waals surface area contributed by atoms with Gasteiger partial charge in [-0.05, 0) is 5.41 Å². The molecule has 0 bridgehead atoms. The Balaban J connectivity index is 4.35. The first-order chi connectivity index (χ1) is 4.72. The number of nitrogens with two attached hydrogens (primary N) is 1. The average molecular weight is 169 g/mol. The van der Waals surface area contributed by atoms with Crippen LogP contribution in [0.3, 0.4) is 0 Å². The molecule has 0 radical (unpaired) electrons. The fourth-order valence-corrected chi connectivity index (χ4v) is 0.737. The first-order valence-corrected chi connectivity index (χ1v) is 3.44. The topological polar surface area (TPSA) is 26.0 Å². The molecule has 2 N–H and O–H groups in total. The Bertz CT molecular complexity index is 128. The molecule has 4 heteroatoms. The van der Waals surface area contributed by atoms with Gasteiger partial charge in [-0.2, -0.15) is 0 Å². The molecule has 0 aromatic carbocycles. The Morgan fingerprint density at radius 2 is 1.64 bits per heavy atom. The van der Waals surface area contributed by atoms with Gasteiger partial charge < -0.3 is 5.73 Å². The van der Waals surface area contributed by atoms with Gasteiger partial charge >= 0.3 is 0 Å². The van der Waals surface area contributed by atoms with Crippen LogP contribution >= 0.6 is 0 Å². The summed E-state index contributed by atoms with van der Waals surface area (Å²) in [6.45, 7) is 3.31. The molecule has 1 unspecified atom stereocenters. The van der Waals surface area contributed by atoms with Crippen molar-refractivity contribution in [2.45, 2.75) is 32.9 Å². The van der Waals surface area contributed by atoms with E-state index in [0.29, 0.717) is 0 Å². The molecule has 0 saturated carbocycles. The van der Waals surface area contributed by atoms with Crippen LogP contribution in [-0.4, -0.2) is 18.6 Å². The van der Waals surface area contributed by atoms with E-state index < -0.39 is 24.1 Å². The van der Waals surface area contributed by atoms with Crippen molar-refractivity contribution >= 4 is 0 Å². The Kier molecular flexibility index (Phi) is 2.94. The molecule has 1 atom stereocenters.